The van der Waals surface area contributed by atoms with Gasteiger partial charge in [0.25, 0.3) is 0 Å². The Labute approximate surface area is 205 Å². The van der Waals surface area contributed by atoms with Crippen molar-refractivity contribution < 1.29 is 24.6 Å². The van der Waals surface area contributed by atoms with Crippen molar-refractivity contribution >= 4 is 42.2 Å². The van der Waals surface area contributed by atoms with Crippen LogP contribution in [0.3, 0.4) is 0 Å². The molecular weight excluding hydrogens is 462 g/mol. The molecule has 2 rings (SSSR count). The Balaban J connectivity index is 2.30. The van der Waals surface area contributed by atoms with Crippen molar-refractivity contribution in [3.63, 3.8) is 0 Å². The molecule has 1 heterocycles. The lowest BCUT2D eigenvalue weighted by atomic mass is 9.91. The number of fused-ring (bicyclic) bond motifs is 1. The number of hydrogen-bond donors (Lipinski definition) is 5. The number of hydrogen-bond acceptors (Lipinski definition) is 7. The van der Waals surface area contributed by atoms with Gasteiger partial charge in [0.15, 0.2) is 0 Å². The first-order valence-electron chi connectivity index (χ1n) is 11.1. The Morgan fingerprint density at radius 3 is 2.48 bits per heavy atom. The molecule has 1 aromatic rings. The Kier molecular flexibility index (Phi) is 11.0. The molecule has 0 aliphatic carbocycles. The van der Waals surface area contributed by atoms with E-state index in [9.17, 15) is 24.6 Å². The molecule has 2 unspecified atom stereocenters. The minimum atomic E-state index is -1.09. The first kappa shape index (κ1) is 27.5. The highest BCUT2D eigenvalue weighted by molar-refractivity contribution is 7.98. The predicted molar refractivity (Wildman–Crippen MR) is 134 cm³/mol. The van der Waals surface area contributed by atoms with Gasteiger partial charge >= 0.3 is 5.97 Å². The van der Waals surface area contributed by atoms with Gasteiger partial charge in [0.05, 0.1) is 12.1 Å². The number of rotatable bonds is 12. The molecule has 0 saturated heterocycles. The maximum absolute atomic E-state index is 13.6. The number of aliphatic carboxylic acids is 1. The second-order valence-electron chi connectivity index (χ2n) is 8.60. The Morgan fingerprint density at radius 1 is 1.24 bits per heavy atom. The summed E-state index contributed by atoms with van der Waals surface area (Å²) in [5.41, 5.74) is 1.93. The molecule has 33 heavy (non-hydrogen) atoms. The number of benzene rings is 1. The van der Waals surface area contributed by atoms with Gasteiger partial charge in [-0.15, -0.1) is 0 Å². The summed E-state index contributed by atoms with van der Waals surface area (Å²) in [7, 11) is 0. The molecule has 184 valence electrons. The van der Waals surface area contributed by atoms with Crippen molar-refractivity contribution in [2.45, 2.75) is 57.5 Å². The molecule has 1 aliphatic heterocycles. The number of nitrogens with zero attached hydrogens (tertiary/aromatic N) is 1. The average molecular weight is 498 g/mol. The minimum Gasteiger partial charge on any atom is -0.480 e. The zero-order valence-electron chi connectivity index (χ0n) is 19.4. The SMILES string of the molecule is CSCC[C@H](NC(=O)C1Cc2ccccc2CN1C(=O)[C@@H](NCC(O)CS)C(C)C)C(=O)O. The van der Waals surface area contributed by atoms with Gasteiger partial charge in [0.2, 0.25) is 11.8 Å². The van der Waals surface area contributed by atoms with Crippen molar-refractivity contribution in [3.05, 3.63) is 35.4 Å². The summed E-state index contributed by atoms with van der Waals surface area (Å²) in [4.78, 5) is 40.1. The summed E-state index contributed by atoms with van der Waals surface area (Å²) in [5, 5.41) is 25.2. The second kappa shape index (κ2) is 13.2. The van der Waals surface area contributed by atoms with Gasteiger partial charge in [-0.25, -0.2) is 4.79 Å². The number of thioether (sulfide) groups is 1. The Bertz CT molecular complexity index is 823. The normalized spacial score (nSPS) is 18.4. The monoisotopic (exact) mass is 497 g/mol. The number of thiol groups is 1. The largest absolute Gasteiger partial charge is 0.480 e. The lowest BCUT2D eigenvalue weighted by Gasteiger charge is -2.39. The van der Waals surface area contributed by atoms with Crippen molar-refractivity contribution in [3.8, 4) is 0 Å². The van der Waals surface area contributed by atoms with Gasteiger partial charge in [0.1, 0.15) is 12.1 Å². The molecule has 1 aromatic carbocycles. The van der Waals surface area contributed by atoms with E-state index in [1.54, 1.807) is 0 Å². The molecule has 10 heteroatoms. The maximum Gasteiger partial charge on any atom is 0.326 e. The summed E-state index contributed by atoms with van der Waals surface area (Å²) in [6, 6.07) is 5.22. The van der Waals surface area contributed by atoms with E-state index in [-0.39, 0.29) is 30.7 Å². The van der Waals surface area contributed by atoms with Crippen LogP contribution in [0.15, 0.2) is 24.3 Å². The Morgan fingerprint density at radius 2 is 1.91 bits per heavy atom. The summed E-state index contributed by atoms with van der Waals surface area (Å²) in [6.45, 7) is 4.27. The first-order chi connectivity index (χ1) is 15.7. The van der Waals surface area contributed by atoms with E-state index in [0.29, 0.717) is 18.6 Å². The quantitative estimate of drug-likeness (QED) is 0.275. The number of carboxylic acids is 1. The van der Waals surface area contributed by atoms with E-state index in [4.69, 9.17) is 0 Å². The third-order valence-corrected chi connectivity index (χ3v) is 6.84. The van der Waals surface area contributed by atoms with Crippen LogP contribution in [0.2, 0.25) is 0 Å². The molecule has 8 nitrogen and oxygen atoms in total. The number of aliphatic hydroxyl groups is 1. The van der Waals surface area contributed by atoms with Crippen molar-refractivity contribution in [2.75, 3.05) is 24.3 Å². The second-order valence-corrected chi connectivity index (χ2v) is 9.95. The van der Waals surface area contributed by atoms with Gasteiger partial charge in [-0.1, -0.05) is 38.1 Å². The fraction of sp³-hybridized carbons (Fsp3) is 0.609. The lowest BCUT2D eigenvalue weighted by molar-refractivity contribution is -0.146. The van der Waals surface area contributed by atoms with Crippen LogP contribution in [0.5, 0.6) is 0 Å². The van der Waals surface area contributed by atoms with Crippen LogP contribution in [-0.2, 0) is 27.3 Å². The van der Waals surface area contributed by atoms with Gasteiger partial charge in [-0.3, -0.25) is 9.59 Å². The van der Waals surface area contributed by atoms with Crippen LogP contribution < -0.4 is 10.6 Å². The molecule has 0 fully saturated rings. The number of nitrogens with one attached hydrogen (secondary N) is 2. The van der Waals surface area contributed by atoms with Crippen LogP contribution in [-0.4, -0.2) is 81.4 Å². The third-order valence-electron chi connectivity index (χ3n) is 5.78. The molecule has 0 radical (unpaired) electrons. The highest BCUT2D eigenvalue weighted by Crippen LogP contribution is 2.25. The van der Waals surface area contributed by atoms with Crippen molar-refractivity contribution in [2.24, 2.45) is 5.92 Å². The van der Waals surface area contributed by atoms with E-state index in [0.717, 1.165) is 11.1 Å². The van der Waals surface area contributed by atoms with E-state index >= 15 is 0 Å². The third kappa shape index (κ3) is 7.63. The van der Waals surface area contributed by atoms with Crippen molar-refractivity contribution in [1.29, 1.82) is 0 Å². The highest BCUT2D eigenvalue weighted by atomic mass is 32.2. The van der Waals surface area contributed by atoms with Gasteiger partial charge in [-0.05, 0) is 35.5 Å². The zero-order valence-corrected chi connectivity index (χ0v) is 21.1. The van der Waals surface area contributed by atoms with Crippen molar-refractivity contribution in [1.82, 2.24) is 15.5 Å². The molecule has 0 spiro atoms. The standard InChI is InChI=1S/C23H35N3O5S2/c1-14(2)20(24-11-17(27)13-32)22(29)26-12-16-7-5-4-6-15(16)10-19(26)21(28)25-18(23(30)31)8-9-33-3/h4-7,14,17-20,24,27,32H,8-13H2,1-3H3,(H,25,28)(H,30,31)/t17?,18-,19?,20-/m0/s1. The van der Waals surface area contributed by atoms with E-state index in [1.807, 2.05) is 44.4 Å². The van der Waals surface area contributed by atoms with Crippen LogP contribution in [0.25, 0.3) is 0 Å². The first-order valence-corrected chi connectivity index (χ1v) is 13.1. The number of carboxylic acid groups (broad SMARTS) is 1. The molecule has 4 atom stereocenters. The summed E-state index contributed by atoms with van der Waals surface area (Å²) in [6.07, 6.45) is 1.80. The van der Waals surface area contributed by atoms with Crippen LogP contribution >= 0.6 is 24.4 Å². The number of carbonyl (C=O) groups is 3. The summed E-state index contributed by atoms with van der Waals surface area (Å²) in [5.74, 6) is -1.03. The molecule has 0 saturated carbocycles. The molecule has 0 aromatic heterocycles. The topological polar surface area (TPSA) is 119 Å². The fourth-order valence-electron chi connectivity index (χ4n) is 3.86. The zero-order chi connectivity index (χ0) is 24.5. The highest BCUT2D eigenvalue weighted by Gasteiger charge is 2.39. The van der Waals surface area contributed by atoms with E-state index in [2.05, 4.69) is 23.3 Å². The average Bonchev–Trinajstić information content (AvgIpc) is 2.79. The van der Waals surface area contributed by atoms with Gasteiger partial charge in [0, 0.05) is 25.3 Å². The van der Waals surface area contributed by atoms with E-state index < -0.39 is 36.1 Å². The summed E-state index contributed by atoms with van der Waals surface area (Å²) >= 11 is 5.59. The molecule has 1 aliphatic rings. The van der Waals surface area contributed by atoms with E-state index in [1.165, 1.54) is 16.7 Å². The number of carbonyl (C=O) groups excluding carboxylic acids is 2. The fourth-order valence-corrected chi connectivity index (χ4v) is 4.46. The van der Waals surface area contributed by atoms with Crippen LogP contribution in [0.4, 0.5) is 0 Å². The number of aliphatic hydroxyl groups excluding tert-OH is 1. The smallest absolute Gasteiger partial charge is 0.326 e. The minimum absolute atomic E-state index is 0.0844. The summed E-state index contributed by atoms with van der Waals surface area (Å²) < 4.78 is 0. The van der Waals surface area contributed by atoms with Crippen LogP contribution in [0.1, 0.15) is 31.4 Å². The van der Waals surface area contributed by atoms with Crippen LogP contribution in [0, 0.1) is 5.92 Å². The van der Waals surface area contributed by atoms with Gasteiger partial charge in [-0.2, -0.15) is 24.4 Å². The maximum atomic E-state index is 13.6. The predicted octanol–water partition coefficient (Wildman–Crippen LogP) is 1.17. The molecule has 2 amide bonds. The molecular formula is C23H35N3O5S2. The number of amides is 2. The molecule has 4 N–H and O–H groups in total. The Hall–Kier alpha value is -1.75. The lowest BCUT2D eigenvalue weighted by Crippen LogP contribution is -2.60. The molecule has 0 bridgehead atoms. The van der Waals surface area contributed by atoms with Gasteiger partial charge < -0.3 is 25.7 Å².